The molecule has 0 radical (unpaired) electrons. The summed E-state index contributed by atoms with van der Waals surface area (Å²) >= 11 is 0. The molecule has 0 fully saturated rings. The molecule has 0 aliphatic carbocycles. The lowest BCUT2D eigenvalue weighted by Crippen LogP contribution is -2.50. The third kappa shape index (κ3) is 4.31. The third-order valence-electron chi connectivity index (χ3n) is 7.90. The van der Waals surface area contributed by atoms with Gasteiger partial charge in [0.2, 0.25) is 0 Å². The molecule has 2 heterocycles. The molecule has 44 heavy (non-hydrogen) atoms. The maximum Gasteiger partial charge on any atom is 0.326 e. The van der Waals surface area contributed by atoms with E-state index in [1.54, 1.807) is 12.1 Å². The summed E-state index contributed by atoms with van der Waals surface area (Å²) < 4.78 is 0. The van der Waals surface area contributed by atoms with E-state index in [0.717, 1.165) is 17.0 Å². The number of hydrogen-bond acceptors (Lipinski definition) is 9. The number of carboxylic acid groups (broad SMARTS) is 1. The van der Waals surface area contributed by atoms with Crippen LogP contribution in [-0.2, 0) is 4.79 Å². The predicted molar refractivity (Wildman–Crippen MR) is 152 cm³/mol. The maximum atomic E-state index is 13.5. The molecule has 1 N–H and O–H groups in total. The van der Waals surface area contributed by atoms with Crippen LogP contribution in [0.15, 0.2) is 60.7 Å². The number of nitrogens with zero attached hydrogens (tertiary/aromatic N) is 4. The number of non-ortho nitro benzene ring substituents is 2. The fourth-order valence-electron chi connectivity index (χ4n) is 5.92. The molecule has 14 heteroatoms. The summed E-state index contributed by atoms with van der Waals surface area (Å²) in [5, 5.41) is 34.1. The van der Waals surface area contributed by atoms with Crippen molar-refractivity contribution in [1.82, 2.24) is 9.80 Å². The van der Waals surface area contributed by atoms with E-state index in [4.69, 9.17) is 0 Å². The Morgan fingerprint density at radius 2 is 1.18 bits per heavy atom. The van der Waals surface area contributed by atoms with Gasteiger partial charge in [-0.05, 0) is 42.2 Å². The Kier molecular flexibility index (Phi) is 6.60. The van der Waals surface area contributed by atoms with E-state index in [0.29, 0.717) is 21.1 Å². The van der Waals surface area contributed by atoms with Crippen LogP contribution in [0.5, 0.6) is 0 Å². The van der Waals surface area contributed by atoms with Gasteiger partial charge in [-0.2, -0.15) is 0 Å². The fourth-order valence-corrected chi connectivity index (χ4v) is 5.92. The number of hydrogen-bond donors (Lipinski definition) is 1. The van der Waals surface area contributed by atoms with Gasteiger partial charge in [0.1, 0.15) is 6.04 Å². The van der Waals surface area contributed by atoms with E-state index < -0.39 is 51.2 Å². The Morgan fingerprint density at radius 3 is 1.70 bits per heavy atom. The van der Waals surface area contributed by atoms with Gasteiger partial charge in [0.15, 0.2) is 0 Å². The topological polar surface area (TPSA) is 198 Å². The van der Waals surface area contributed by atoms with Crippen molar-refractivity contribution in [2.75, 3.05) is 6.54 Å². The number of aliphatic carboxylic acids is 1. The van der Waals surface area contributed by atoms with Gasteiger partial charge >= 0.3 is 5.97 Å². The monoisotopic (exact) mass is 596 g/mol. The zero-order valence-electron chi connectivity index (χ0n) is 22.6. The number of unbranched alkanes of at least 4 members (excludes halogenated alkanes) is 1. The van der Waals surface area contributed by atoms with Gasteiger partial charge in [-0.25, -0.2) is 4.79 Å². The van der Waals surface area contributed by atoms with Crippen LogP contribution in [0.4, 0.5) is 11.4 Å². The SMILES string of the molecule is O=C(O)[C@@H](CCCCN1C(=O)c2cccc3cc([N+](=O)[O-])cc(c23)C1=O)N1C(=O)c2cccc3cc([N+](=O)[O-])cc(c23)C1=O. The zero-order valence-corrected chi connectivity index (χ0v) is 22.6. The molecule has 4 aromatic rings. The molecule has 0 saturated carbocycles. The van der Waals surface area contributed by atoms with Gasteiger partial charge < -0.3 is 5.11 Å². The van der Waals surface area contributed by atoms with E-state index in [1.165, 1.54) is 36.4 Å². The van der Waals surface area contributed by atoms with Crippen molar-refractivity contribution in [2.45, 2.75) is 25.3 Å². The average molecular weight is 597 g/mol. The van der Waals surface area contributed by atoms with Crippen molar-refractivity contribution in [2.24, 2.45) is 0 Å². The summed E-state index contributed by atoms with van der Waals surface area (Å²) in [6, 6.07) is 12.0. The Balaban J connectivity index is 1.22. The van der Waals surface area contributed by atoms with Gasteiger partial charge in [-0.1, -0.05) is 24.3 Å². The largest absolute Gasteiger partial charge is 0.480 e. The third-order valence-corrected chi connectivity index (χ3v) is 7.90. The molecule has 0 unspecified atom stereocenters. The first-order valence-electron chi connectivity index (χ1n) is 13.4. The molecule has 4 amide bonds. The molecule has 2 aliphatic rings. The van der Waals surface area contributed by atoms with Crippen molar-refractivity contribution in [3.8, 4) is 0 Å². The van der Waals surface area contributed by atoms with Crippen LogP contribution >= 0.6 is 0 Å². The number of rotatable bonds is 9. The summed E-state index contributed by atoms with van der Waals surface area (Å²) in [4.78, 5) is 88.8. The van der Waals surface area contributed by atoms with Crippen LogP contribution in [0.3, 0.4) is 0 Å². The molecule has 0 bridgehead atoms. The average Bonchev–Trinajstić information content (AvgIpc) is 3.00. The van der Waals surface area contributed by atoms with Crippen LogP contribution in [0, 0.1) is 20.2 Å². The van der Waals surface area contributed by atoms with Gasteiger partial charge in [-0.15, -0.1) is 0 Å². The number of carbonyl (C=O) groups excluding carboxylic acids is 4. The molecule has 220 valence electrons. The van der Waals surface area contributed by atoms with E-state index in [1.807, 2.05) is 0 Å². The Morgan fingerprint density at radius 1 is 0.705 bits per heavy atom. The number of benzene rings is 4. The molecular formula is C30H20N4O10. The second kappa shape index (κ2) is 10.3. The quantitative estimate of drug-likeness (QED) is 0.126. The number of carboxylic acids is 1. The highest BCUT2D eigenvalue weighted by molar-refractivity contribution is 6.27. The summed E-state index contributed by atoms with van der Waals surface area (Å²) in [6.45, 7) is -0.154. The zero-order chi connectivity index (χ0) is 31.4. The van der Waals surface area contributed by atoms with E-state index in [-0.39, 0.29) is 59.1 Å². The van der Waals surface area contributed by atoms with Crippen LogP contribution in [0.1, 0.15) is 60.7 Å². The van der Waals surface area contributed by atoms with Gasteiger partial charge in [0.05, 0.1) is 21.0 Å². The summed E-state index contributed by atoms with van der Waals surface area (Å²) in [7, 11) is 0. The number of nitro groups is 2. The molecule has 0 saturated heterocycles. The summed E-state index contributed by atoms with van der Waals surface area (Å²) in [5.41, 5.74) is -0.638. The highest BCUT2D eigenvalue weighted by atomic mass is 16.6. The Bertz CT molecular complexity index is 2020. The van der Waals surface area contributed by atoms with Gasteiger partial charge in [-0.3, -0.25) is 49.2 Å². The number of imide groups is 2. The minimum Gasteiger partial charge on any atom is -0.480 e. The molecule has 14 nitrogen and oxygen atoms in total. The van der Waals surface area contributed by atoms with E-state index in [9.17, 15) is 49.3 Å². The molecule has 0 aromatic heterocycles. The lowest BCUT2D eigenvalue weighted by molar-refractivity contribution is -0.384. The second-order valence-electron chi connectivity index (χ2n) is 10.4. The first-order chi connectivity index (χ1) is 21.0. The van der Waals surface area contributed by atoms with Crippen LogP contribution < -0.4 is 0 Å². The molecule has 6 rings (SSSR count). The summed E-state index contributed by atoms with van der Waals surface area (Å²) in [6.07, 6.45) is -0.0840. The highest BCUT2D eigenvalue weighted by Gasteiger charge is 2.41. The summed E-state index contributed by atoms with van der Waals surface area (Å²) in [5.74, 6) is -4.66. The second-order valence-corrected chi connectivity index (χ2v) is 10.4. The molecule has 1 atom stereocenters. The van der Waals surface area contributed by atoms with Crippen LogP contribution in [0.25, 0.3) is 21.5 Å². The van der Waals surface area contributed by atoms with E-state index >= 15 is 0 Å². The maximum absolute atomic E-state index is 13.5. The Hall–Kier alpha value is -6.05. The van der Waals surface area contributed by atoms with Crippen LogP contribution in [-0.4, -0.2) is 66.9 Å². The standard InChI is InChI=1S/C30H20N4O10/c35-26-19-7-3-5-15-11-17(33(41)42)13-21(24(15)19)27(36)31(26)10-2-1-9-23(30(39)40)32-28(37)20-8-4-6-16-12-18(34(43)44)14-22(25(16)20)29(32)38/h3-8,11-14,23H,1-2,9-10H2,(H,39,40)/t23-/m1/s1. The van der Waals surface area contributed by atoms with Gasteiger partial charge in [0, 0.05) is 52.7 Å². The van der Waals surface area contributed by atoms with E-state index in [2.05, 4.69) is 0 Å². The highest BCUT2D eigenvalue weighted by Crippen LogP contribution is 2.36. The normalized spacial score (nSPS) is 14.8. The smallest absolute Gasteiger partial charge is 0.326 e. The molecular weight excluding hydrogens is 576 g/mol. The van der Waals surface area contributed by atoms with Crippen molar-refractivity contribution < 1.29 is 38.9 Å². The van der Waals surface area contributed by atoms with Gasteiger partial charge in [0.25, 0.3) is 35.0 Å². The fraction of sp³-hybridized carbons (Fsp3) is 0.167. The lowest BCUT2D eigenvalue weighted by Gasteiger charge is -2.32. The van der Waals surface area contributed by atoms with Crippen LogP contribution in [0.2, 0.25) is 0 Å². The minimum absolute atomic E-state index is 0.000688. The van der Waals surface area contributed by atoms with Crippen molar-refractivity contribution in [3.63, 3.8) is 0 Å². The predicted octanol–water partition coefficient (Wildman–Crippen LogP) is 4.33. The Labute approximate surface area is 246 Å². The molecule has 2 aliphatic heterocycles. The number of carbonyl (C=O) groups is 5. The number of nitro benzene ring substituents is 2. The van der Waals surface area contributed by atoms with Crippen molar-refractivity contribution >= 4 is 62.5 Å². The first-order valence-corrected chi connectivity index (χ1v) is 13.4. The molecule has 4 aromatic carbocycles. The first kappa shape index (κ1) is 28.1. The lowest BCUT2D eigenvalue weighted by atomic mass is 9.91. The minimum atomic E-state index is -1.64. The number of amides is 4. The van der Waals surface area contributed by atoms with Crippen molar-refractivity contribution in [3.05, 3.63) is 103 Å². The molecule has 0 spiro atoms. The van der Waals surface area contributed by atoms with Crippen molar-refractivity contribution in [1.29, 1.82) is 0 Å².